The van der Waals surface area contributed by atoms with Crippen LogP contribution in [0.3, 0.4) is 0 Å². The zero-order valence-corrected chi connectivity index (χ0v) is 25.5. The molecule has 3 nitrogen and oxygen atoms in total. The van der Waals surface area contributed by atoms with Crippen molar-refractivity contribution in [1.29, 1.82) is 0 Å². The van der Waals surface area contributed by atoms with E-state index in [1.807, 2.05) is 0 Å². The van der Waals surface area contributed by atoms with Crippen LogP contribution in [-0.4, -0.2) is 16.4 Å². The van der Waals surface area contributed by atoms with E-state index in [1.165, 1.54) is 22.3 Å². The Balaban J connectivity index is 0.00000153. The van der Waals surface area contributed by atoms with Gasteiger partial charge in [0.05, 0.1) is 34.2 Å². The van der Waals surface area contributed by atoms with Crippen LogP contribution in [0.1, 0.15) is 86.0 Å². The molecule has 0 bridgehead atoms. The number of halogens is 2. The third kappa shape index (κ3) is 9.69. The van der Waals surface area contributed by atoms with Gasteiger partial charge in [0.25, 0.3) is 0 Å². The van der Waals surface area contributed by atoms with Crippen molar-refractivity contribution in [1.82, 2.24) is 4.98 Å². The fourth-order valence-electron chi connectivity index (χ4n) is 4.16. The minimum atomic E-state index is 0.194. The molecule has 0 saturated carbocycles. The molecule has 0 fully saturated rings. The van der Waals surface area contributed by atoms with E-state index in [4.69, 9.17) is 35.2 Å². The Morgan fingerprint density at radius 2 is 0.973 bits per heavy atom. The summed E-state index contributed by atoms with van der Waals surface area (Å²) in [5.41, 5.74) is 11.0. The van der Waals surface area contributed by atoms with Crippen molar-refractivity contribution in [3.63, 3.8) is 0 Å². The molecule has 0 spiro atoms. The maximum absolute atomic E-state index is 5.15. The number of benzene rings is 2. The van der Waals surface area contributed by atoms with Gasteiger partial charge >= 0.3 is 33.3 Å². The average molecular weight is 580 g/mol. The second-order valence-corrected chi connectivity index (χ2v) is 11.1. The van der Waals surface area contributed by atoms with E-state index in [9.17, 15) is 0 Å². The van der Waals surface area contributed by atoms with Crippen molar-refractivity contribution in [2.45, 2.75) is 80.1 Å². The number of nitrogens with zero attached hydrogens (tertiary/aromatic N) is 3. The van der Waals surface area contributed by atoms with Crippen molar-refractivity contribution in [2.75, 3.05) is 0 Å². The van der Waals surface area contributed by atoms with Crippen molar-refractivity contribution < 1.29 is 13.1 Å². The first-order valence-electron chi connectivity index (χ1n) is 13.0. The number of unbranched alkanes of at least 4 members (excludes halogenated alkanes) is 2. The van der Waals surface area contributed by atoms with Gasteiger partial charge in [0, 0.05) is 0 Å². The molecule has 0 amide bonds. The molecule has 37 heavy (non-hydrogen) atoms. The molecule has 0 aliphatic heterocycles. The van der Waals surface area contributed by atoms with Crippen molar-refractivity contribution in [3.8, 4) is 0 Å². The van der Waals surface area contributed by atoms with Crippen LogP contribution in [0.2, 0.25) is 0 Å². The molecule has 0 unspecified atom stereocenters. The number of aryl methyl sites for hydroxylation is 4. The van der Waals surface area contributed by atoms with Crippen molar-refractivity contribution >= 4 is 43.0 Å². The summed E-state index contributed by atoms with van der Waals surface area (Å²) in [5, 5.41) is 0. The van der Waals surface area contributed by atoms with Gasteiger partial charge in [-0.1, -0.05) is 69.2 Å². The van der Waals surface area contributed by atoms with Gasteiger partial charge in [-0.15, -0.1) is 0 Å². The average Bonchev–Trinajstić information content (AvgIpc) is 2.88. The van der Waals surface area contributed by atoms with Gasteiger partial charge in [-0.3, -0.25) is 9.98 Å². The molecule has 2 aromatic carbocycles. The van der Waals surface area contributed by atoms with E-state index in [1.54, 1.807) is 0 Å². The Labute approximate surface area is 238 Å². The van der Waals surface area contributed by atoms with Crippen molar-refractivity contribution in [2.24, 2.45) is 9.98 Å². The van der Waals surface area contributed by atoms with Crippen LogP contribution >= 0.6 is 20.2 Å². The maximum atomic E-state index is 5.15. The Kier molecular flexibility index (Phi) is 14.2. The summed E-state index contributed by atoms with van der Waals surface area (Å²) in [6.45, 7) is 13.0. The molecule has 1 heterocycles. The van der Waals surface area contributed by atoms with Crippen LogP contribution < -0.4 is 0 Å². The quantitative estimate of drug-likeness (QED) is 0.174. The summed E-state index contributed by atoms with van der Waals surface area (Å²) in [6, 6.07) is 19.0. The van der Waals surface area contributed by atoms with Crippen LogP contribution in [0.5, 0.6) is 0 Å². The fraction of sp³-hybridized carbons (Fsp3) is 0.387. The number of para-hydroxylation sites is 2. The van der Waals surface area contributed by atoms with Crippen molar-refractivity contribution in [3.05, 3.63) is 88.2 Å². The number of pyridine rings is 1. The van der Waals surface area contributed by atoms with Gasteiger partial charge in [0.15, 0.2) is 0 Å². The standard InChI is InChI=1S/C31H39N3.2ClH.Fe/c1-7-9-18-28(33-30-22(3)14-11-15-23(30)4)26-20-13-21-27(32-26)29(19-10-8-2)34-31-24(5)16-12-17-25(31)6;;;/h11-17,20-21H,7-10,18-19H2,1-6H3;2*1H;/q;;;+2/p-2. The van der Waals surface area contributed by atoms with Crippen LogP contribution in [0, 0.1) is 27.7 Å². The van der Waals surface area contributed by atoms with Gasteiger partial charge in [-0.2, -0.15) is 0 Å². The Bertz CT molecular complexity index is 1080. The first kappa shape index (κ1) is 31.2. The van der Waals surface area contributed by atoms with E-state index in [0.29, 0.717) is 0 Å². The van der Waals surface area contributed by atoms with E-state index < -0.39 is 0 Å². The second-order valence-electron chi connectivity index (χ2n) is 9.26. The SMILES string of the molecule is CCCCC(=Nc1c(C)cccc1C)c1cccc(C(CCCC)=Nc2c(C)cccc2C)n1.[Cl][Fe][Cl]. The molecular weight excluding hydrogens is 541 g/mol. The molecular formula is C31H39Cl2FeN3. The van der Waals surface area contributed by atoms with E-state index in [2.05, 4.69) is 96.1 Å². The number of aromatic nitrogens is 1. The van der Waals surface area contributed by atoms with Crippen LogP contribution in [0.4, 0.5) is 11.4 Å². The van der Waals surface area contributed by atoms with Gasteiger partial charge < -0.3 is 0 Å². The molecule has 0 saturated heterocycles. The zero-order chi connectivity index (χ0) is 27.2. The topological polar surface area (TPSA) is 37.6 Å². The van der Waals surface area contributed by atoms with Crippen LogP contribution in [0.15, 0.2) is 64.6 Å². The zero-order valence-electron chi connectivity index (χ0n) is 22.9. The van der Waals surface area contributed by atoms with Gasteiger partial charge in [0.1, 0.15) is 0 Å². The third-order valence-corrected chi connectivity index (χ3v) is 6.25. The third-order valence-electron chi connectivity index (χ3n) is 6.25. The summed E-state index contributed by atoms with van der Waals surface area (Å²) in [5.74, 6) is 0. The van der Waals surface area contributed by atoms with Gasteiger partial charge in [-0.25, -0.2) is 4.98 Å². The van der Waals surface area contributed by atoms with E-state index >= 15 is 0 Å². The summed E-state index contributed by atoms with van der Waals surface area (Å²) in [7, 11) is 9.53. The Morgan fingerprint density at radius 1 is 0.649 bits per heavy atom. The Morgan fingerprint density at radius 3 is 1.30 bits per heavy atom. The molecule has 0 aliphatic carbocycles. The minimum absolute atomic E-state index is 0.194. The summed E-state index contributed by atoms with van der Waals surface area (Å²) < 4.78 is 0. The van der Waals surface area contributed by atoms with Gasteiger partial charge in [-0.05, 0) is 87.8 Å². The molecule has 6 heteroatoms. The summed E-state index contributed by atoms with van der Waals surface area (Å²) in [6.07, 6.45) is 6.27. The number of hydrogen-bond donors (Lipinski definition) is 0. The number of rotatable bonds is 10. The van der Waals surface area contributed by atoms with E-state index in [-0.39, 0.29) is 13.1 Å². The number of hydrogen-bond acceptors (Lipinski definition) is 3. The monoisotopic (exact) mass is 579 g/mol. The second kappa shape index (κ2) is 16.8. The first-order chi connectivity index (χ1) is 17.9. The molecule has 200 valence electrons. The first-order valence-corrected chi connectivity index (χ1v) is 16.0. The normalized spacial score (nSPS) is 11.9. The summed E-state index contributed by atoms with van der Waals surface area (Å²) in [4.78, 5) is 15.4. The predicted octanol–water partition coefficient (Wildman–Crippen LogP) is 10.3. The fourth-order valence-corrected chi connectivity index (χ4v) is 4.16. The molecule has 0 N–H and O–H groups in total. The molecule has 0 radical (unpaired) electrons. The summed E-state index contributed by atoms with van der Waals surface area (Å²) >= 11 is 0.194. The predicted molar refractivity (Wildman–Crippen MR) is 159 cm³/mol. The number of aliphatic imine (C=N–C) groups is 2. The molecule has 0 aliphatic rings. The molecule has 0 atom stereocenters. The van der Waals surface area contributed by atoms with E-state index in [0.717, 1.165) is 72.7 Å². The Hall–Kier alpha value is -1.97. The van der Waals surface area contributed by atoms with Crippen LogP contribution in [-0.2, 0) is 13.1 Å². The molecule has 1 aromatic heterocycles. The molecule has 3 aromatic rings. The van der Waals surface area contributed by atoms with Crippen LogP contribution in [0.25, 0.3) is 0 Å². The molecule has 3 rings (SSSR count). The van der Waals surface area contributed by atoms with Gasteiger partial charge in [0.2, 0.25) is 0 Å².